The number of benzene rings is 2. The number of hydrogen-bond acceptors (Lipinski definition) is 6. The van der Waals surface area contributed by atoms with Gasteiger partial charge in [-0.25, -0.2) is 8.42 Å². The van der Waals surface area contributed by atoms with E-state index >= 15 is 0 Å². The van der Waals surface area contributed by atoms with Gasteiger partial charge in [-0.3, -0.25) is 19.7 Å². The molecular weight excluding hydrogens is 474 g/mol. The maximum absolute atomic E-state index is 13.3. The number of aromatic nitrogens is 1. The molecule has 1 aromatic heterocycles. The van der Waals surface area contributed by atoms with Crippen molar-refractivity contribution in [2.45, 2.75) is 24.3 Å². The number of nitrogens with zero attached hydrogens (tertiary/aromatic N) is 3. The lowest BCUT2D eigenvalue weighted by Gasteiger charge is -2.35. The van der Waals surface area contributed by atoms with E-state index in [4.69, 9.17) is 0 Å². The molecule has 1 saturated heterocycles. The molecule has 2 N–H and O–H groups in total. The molecule has 0 aliphatic carbocycles. The minimum Gasteiger partial charge on any atom is -0.361 e. The summed E-state index contributed by atoms with van der Waals surface area (Å²) in [6, 6.07) is 12.0. The van der Waals surface area contributed by atoms with Gasteiger partial charge in [-0.1, -0.05) is 30.3 Å². The zero-order valence-electron chi connectivity index (χ0n) is 19.0. The average Bonchev–Trinajstić information content (AvgIpc) is 3.26. The van der Waals surface area contributed by atoms with Gasteiger partial charge < -0.3 is 15.2 Å². The first-order chi connectivity index (χ1) is 16.7. The van der Waals surface area contributed by atoms with Gasteiger partial charge in [0.15, 0.2) is 4.90 Å². The molecule has 0 bridgehead atoms. The standard InChI is InChI=1S/C23H25N5O6S/c1-16(29)25-20(14-17-15-24-19-7-3-2-6-18(17)19)23(30)26-10-12-27(13-11-26)35(33,34)22-9-5-4-8-21(22)28(31)32/h2-9,15,20,24H,10-14H2,1H3,(H,25,29)/t20-/m0/s1. The van der Waals surface area contributed by atoms with E-state index in [2.05, 4.69) is 10.3 Å². The molecule has 1 aliphatic rings. The summed E-state index contributed by atoms with van der Waals surface area (Å²) < 4.78 is 27.3. The number of rotatable bonds is 7. The van der Waals surface area contributed by atoms with Crippen LogP contribution in [0.4, 0.5) is 5.69 Å². The van der Waals surface area contributed by atoms with Gasteiger partial charge in [-0.15, -0.1) is 0 Å². The van der Waals surface area contributed by atoms with Crippen LogP contribution in [0.2, 0.25) is 0 Å². The van der Waals surface area contributed by atoms with E-state index in [0.717, 1.165) is 26.8 Å². The van der Waals surface area contributed by atoms with Crippen LogP contribution >= 0.6 is 0 Å². The van der Waals surface area contributed by atoms with Gasteiger partial charge in [-0.05, 0) is 17.7 Å². The maximum Gasteiger partial charge on any atom is 0.289 e. The van der Waals surface area contributed by atoms with Crippen molar-refractivity contribution in [3.63, 3.8) is 0 Å². The van der Waals surface area contributed by atoms with Crippen molar-refractivity contribution >= 4 is 38.4 Å². The fraction of sp³-hybridized carbons (Fsp3) is 0.304. The Morgan fingerprint density at radius 1 is 1.09 bits per heavy atom. The van der Waals surface area contributed by atoms with Crippen LogP contribution in [0.15, 0.2) is 59.6 Å². The number of amides is 2. The molecule has 2 aromatic carbocycles. The van der Waals surface area contributed by atoms with Gasteiger partial charge in [0.05, 0.1) is 4.92 Å². The summed E-state index contributed by atoms with van der Waals surface area (Å²) >= 11 is 0. The summed E-state index contributed by atoms with van der Waals surface area (Å²) in [6.45, 7) is 1.51. The highest BCUT2D eigenvalue weighted by atomic mass is 32.2. The molecule has 0 radical (unpaired) electrons. The largest absolute Gasteiger partial charge is 0.361 e. The Kier molecular flexibility index (Phi) is 6.85. The minimum atomic E-state index is -4.11. The predicted molar refractivity (Wildman–Crippen MR) is 128 cm³/mol. The van der Waals surface area contributed by atoms with Crippen molar-refractivity contribution in [3.8, 4) is 0 Å². The number of H-pyrrole nitrogens is 1. The molecule has 3 aromatic rings. The summed E-state index contributed by atoms with van der Waals surface area (Å²) in [4.78, 5) is 40.0. The third kappa shape index (κ3) is 5.03. The molecule has 12 heteroatoms. The van der Waals surface area contributed by atoms with Crippen molar-refractivity contribution < 1.29 is 22.9 Å². The van der Waals surface area contributed by atoms with E-state index in [9.17, 15) is 28.1 Å². The van der Waals surface area contributed by atoms with Crippen molar-refractivity contribution in [3.05, 3.63) is 70.4 Å². The summed E-state index contributed by atoms with van der Waals surface area (Å²) in [5.41, 5.74) is 1.31. The second-order valence-electron chi connectivity index (χ2n) is 8.27. The third-order valence-corrected chi connectivity index (χ3v) is 7.95. The smallest absolute Gasteiger partial charge is 0.289 e. The van der Waals surface area contributed by atoms with Crippen molar-refractivity contribution in [2.75, 3.05) is 26.2 Å². The van der Waals surface area contributed by atoms with E-state index in [1.165, 1.54) is 30.0 Å². The molecule has 1 fully saturated rings. The van der Waals surface area contributed by atoms with Crippen LogP contribution in [0.3, 0.4) is 0 Å². The molecule has 0 unspecified atom stereocenters. The quantitative estimate of drug-likeness (QED) is 0.373. The number of carbonyl (C=O) groups excluding carboxylic acids is 2. The number of carbonyl (C=O) groups is 2. The van der Waals surface area contributed by atoms with Crippen LogP contribution < -0.4 is 5.32 Å². The number of aromatic amines is 1. The number of para-hydroxylation sites is 2. The number of hydrogen-bond donors (Lipinski definition) is 2. The molecule has 11 nitrogen and oxygen atoms in total. The lowest BCUT2D eigenvalue weighted by Crippen LogP contribution is -2.56. The van der Waals surface area contributed by atoms with Crippen LogP contribution in [0.1, 0.15) is 12.5 Å². The van der Waals surface area contributed by atoms with Gasteiger partial charge in [0.2, 0.25) is 21.8 Å². The van der Waals surface area contributed by atoms with E-state index in [0.29, 0.717) is 0 Å². The molecule has 35 heavy (non-hydrogen) atoms. The number of nitro groups is 1. The molecule has 4 rings (SSSR count). The molecule has 184 valence electrons. The van der Waals surface area contributed by atoms with Gasteiger partial charge in [-0.2, -0.15) is 4.31 Å². The predicted octanol–water partition coefficient (Wildman–Crippen LogP) is 1.66. The molecule has 0 spiro atoms. The van der Waals surface area contributed by atoms with Crippen LogP contribution in [0, 0.1) is 10.1 Å². The van der Waals surface area contributed by atoms with Crippen molar-refractivity contribution in [1.29, 1.82) is 0 Å². The first kappa shape index (κ1) is 24.4. The maximum atomic E-state index is 13.3. The van der Waals surface area contributed by atoms with Crippen molar-refractivity contribution in [1.82, 2.24) is 19.5 Å². The average molecular weight is 500 g/mol. The zero-order chi connectivity index (χ0) is 25.2. The number of piperazine rings is 1. The van der Waals surface area contributed by atoms with Gasteiger partial charge in [0.25, 0.3) is 5.69 Å². The molecular formula is C23H25N5O6S. The second-order valence-corrected chi connectivity index (χ2v) is 10.2. The Bertz CT molecular complexity index is 1380. The highest BCUT2D eigenvalue weighted by Crippen LogP contribution is 2.27. The molecule has 1 aliphatic heterocycles. The zero-order valence-corrected chi connectivity index (χ0v) is 19.8. The van der Waals surface area contributed by atoms with E-state index < -0.39 is 26.7 Å². The number of sulfonamides is 1. The molecule has 1 atom stereocenters. The van der Waals surface area contributed by atoms with E-state index in [1.54, 1.807) is 0 Å². The van der Waals surface area contributed by atoms with Crippen LogP contribution in [0.5, 0.6) is 0 Å². The summed E-state index contributed by atoms with van der Waals surface area (Å²) in [5.74, 6) is -0.658. The van der Waals surface area contributed by atoms with Crippen LogP contribution in [-0.2, 0) is 26.0 Å². The normalized spacial score (nSPS) is 15.6. The Morgan fingerprint density at radius 2 is 1.74 bits per heavy atom. The molecule has 2 heterocycles. The highest BCUT2D eigenvalue weighted by Gasteiger charge is 2.36. The Hall–Kier alpha value is -3.77. The highest BCUT2D eigenvalue weighted by molar-refractivity contribution is 7.89. The van der Waals surface area contributed by atoms with Crippen molar-refractivity contribution in [2.24, 2.45) is 0 Å². The second kappa shape index (κ2) is 9.84. The Balaban J connectivity index is 1.48. The Morgan fingerprint density at radius 3 is 2.43 bits per heavy atom. The van der Waals surface area contributed by atoms with E-state index in [-0.39, 0.29) is 49.3 Å². The minimum absolute atomic E-state index is 0.0139. The lowest BCUT2D eigenvalue weighted by molar-refractivity contribution is -0.387. The van der Waals surface area contributed by atoms with Gasteiger partial charge in [0, 0.05) is 62.7 Å². The number of nitro benzene ring substituents is 1. The fourth-order valence-corrected chi connectivity index (χ4v) is 5.88. The molecule has 0 saturated carbocycles. The van der Waals surface area contributed by atoms with Crippen LogP contribution in [0.25, 0.3) is 10.9 Å². The SMILES string of the molecule is CC(=O)N[C@@H](Cc1c[nH]c2ccccc12)C(=O)N1CCN(S(=O)(=O)c2ccccc2[N+](=O)[O-])CC1. The van der Waals surface area contributed by atoms with Gasteiger partial charge >= 0.3 is 0 Å². The summed E-state index contributed by atoms with van der Waals surface area (Å²) in [7, 11) is -4.11. The first-order valence-corrected chi connectivity index (χ1v) is 12.5. The fourth-order valence-electron chi connectivity index (χ4n) is 4.30. The van der Waals surface area contributed by atoms with E-state index in [1.807, 2.05) is 30.5 Å². The topological polar surface area (TPSA) is 146 Å². The lowest BCUT2D eigenvalue weighted by atomic mass is 10.0. The first-order valence-electron chi connectivity index (χ1n) is 11.0. The van der Waals surface area contributed by atoms with Gasteiger partial charge in [0.1, 0.15) is 6.04 Å². The third-order valence-electron chi connectivity index (χ3n) is 6.00. The summed E-state index contributed by atoms with van der Waals surface area (Å²) in [6.07, 6.45) is 2.08. The number of fused-ring (bicyclic) bond motifs is 1. The monoisotopic (exact) mass is 499 g/mol. The Labute approximate surface area is 201 Å². The van der Waals surface area contributed by atoms with Crippen LogP contribution in [-0.4, -0.2) is 71.6 Å². The summed E-state index contributed by atoms with van der Waals surface area (Å²) in [5, 5.41) is 15.0. The molecule has 2 amide bonds. The number of nitrogens with one attached hydrogen (secondary N) is 2.